The molecular formula is C9H16N4O. The van der Waals surface area contributed by atoms with Crippen molar-refractivity contribution in [1.29, 1.82) is 0 Å². The maximum atomic E-state index is 11.2. The quantitative estimate of drug-likeness (QED) is 0.691. The molecule has 0 saturated heterocycles. The predicted molar refractivity (Wildman–Crippen MR) is 53.6 cm³/mol. The number of rotatable bonds is 4. The Kier molecular flexibility index (Phi) is 2.90. The van der Waals surface area contributed by atoms with Crippen molar-refractivity contribution in [3.8, 4) is 0 Å². The minimum Gasteiger partial charge on any atom is -0.368 e. The minimum atomic E-state index is -0.731. The van der Waals surface area contributed by atoms with E-state index in [-0.39, 0.29) is 5.91 Å². The predicted octanol–water partition coefficient (Wildman–Crippen LogP) is -0.345. The molecule has 0 aliphatic rings. The van der Waals surface area contributed by atoms with Gasteiger partial charge in [-0.2, -0.15) is 0 Å². The largest absolute Gasteiger partial charge is 0.368 e. The highest BCUT2D eigenvalue weighted by Gasteiger charge is 2.29. The number of nitrogens with one attached hydrogen (secondary N) is 1. The summed E-state index contributed by atoms with van der Waals surface area (Å²) >= 11 is 0. The Morgan fingerprint density at radius 2 is 2.43 bits per heavy atom. The molecule has 0 bridgehead atoms. The highest BCUT2D eigenvalue weighted by Crippen LogP contribution is 2.08. The van der Waals surface area contributed by atoms with Gasteiger partial charge in [-0.05, 0) is 20.9 Å². The van der Waals surface area contributed by atoms with Crippen molar-refractivity contribution in [3.63, 3.8) is 0 Å². The molecule has 0 aliphatic heterocycles. The van der Waals surface area contributed by atoms with E-state index in [4.69, 9.17) is 5.73 Å². The molecule has 5 heteroatoms. The van der Waals surface area contributed by atoms with Crippen molar-refractivity contribution in [2.75, 3.05) is 7.05 Å². The highest BCUT2D eigenvalue weighted by molar-refractivity contribution is 5.84. The summed E-state index contributed by atoms with van der Waals surface area (Å²) in [6, 6.07) is 0. The van der Waals surface area contributed by atoms with E-state index in [0.717, 1.165) is 5.82 Å². The van der Waals surface area contributed by atoms with Crippen LogP contribution in [0, 0.1) is 6.92 Å². The molecule has 1 unspecified atom stereocenters. The van der Waals surface area contributed by atoms with Crippen molar-refractivity contribution >= 4 is 5.91 Å². The van der Waals surface area contributed by atoms with Crippen molar-refractivity contribution < 1.29 is 4.79 Å². The van der Waals surface area contributed by atoms with Crippen LogP contribution in [0.15, 0.2) is 12.4 Å². The summed E-state index contributed by atoms with van der Waals surface area (Å²) in [5.41, 5.74) is 4.58. The lowest BCUT2D eigenvalue weighted by atomic mass is 10.0. The van der Waals surface area contributed by atoms with E-state index in [1.54, 1.807) is 20.2 Å². The average Bonchev–Trinajstić information content (AvgIpc) is 2.51. The van der Waals surface area contributed by atoms with E-state index < -0.39 is 5.54 Å². The van der Waals surface area contributed by atoms with Gasteiger partial charge in [-0.15, -0.1) is 0 Å². The van der Waals surface area contributed by atoms with Crippen molar-refractivity contribution in [3.05, 3.63) is 18.2 Å². The SMILES string of the molecule is CNC(C)(Cn1ccnc1C)C(N)=O. The summed E-state index contributed by atoms with van der Waals surface area (Å²) in [6.45, 7) is 4.15. The molecule has 3 N–H and O–H groups in total. The maximum absolute atomic E-state index is 11.2. The molecule has 1 amide bonds. The van der Waals surface area contributed by atoms with Crippen LogP contribution in [0.2, 0.25) is 0 Å². The summed E-state index contributed by atoms with van der Waals surface area (Å²) in [7, 11) is 1.72. The van der Waals surface area contributed by atoms with Crippen molar-refractivity contribution in [2.24, 2.45) is 5.73 Å². The number of imidazole rings is 1. The van der Waals surface area contributed by atoms with Crippen LogP contribution in [-0.4, -0.2) is 28.0 Å². The first kappa shape index (κ1) is 10.7. The van der Waals surface area contributed by atoms with Crippen LogP contribution in [0.4, 0.5) is 0 Å². The number of nitrogens with two attached hydrogens (primary N) is 1. The maximum Gasteiger partial charge on any atom is 0.239 e. The lowest BCUT2D eigenvalue weighted by Gasteiger charge is -2.26. The smallest absolute Gasteiger partial charge is 0.239 e. The van der Waals surface area contributed by atoms with Gasteiger partial charge in [-0.3, -0.25) is 4.79 Å². The average molecular weight is 196 g/mol. The van der Waals surface area contributed by atoms with E-state index in [1.165, 1.54) is 0 Å². The monoisotopic (exact) mass is 196 g/mol. The van der Waals surface area contributed by atoms with E-state index in [0.29, 0.717) is 6.54 Å². The van der Waals surface area contributed by atoms with E-state index in [1.807, 2.05) is 17.7 Å². The minimum absolute atomic E-state index is 0.367. The lowest BCUT2D eigenvalue weighted by molar-refractivity contribution is -0.124. The molecule has 1 rings (SSSR count). The zero-order valence-corrected chi connectivity index (χ0v) is 8.74. The van der Waals surface area contributed by atoms with E-state index in [2.05, 4.69) is 10.3 Å². The number of likely N-dealkylation sites (N-methyl/N-ethyl adjacent to an activating group) is 1. The summed E-state index contributed by atoms with van der Waals surface area (Å²) in [5, 5.41) is 2.92. The van der Waals surface area contributed by atoms with Gasteiger partial charge in [0.1, 0.15) is 11.4 Å². The fourth-order valence-electron chi connectivity index (χ4n) is 1.19. The fourth-order valence-corrected chi connectivity index (χ4v) is 1.19. The molecule has 14 heavy (non-hydrogen) atoms. The van der Waals surface area contributed by atoms with E-state index in [9.17, 15) is 4.79 Å². The molecule has 1 heterocycles. The number of amides is 1. The normalized spacial score (nSPS) is 15.1. The number of carbonyl (C=O) groups excluding carboxylic acids is 1. The Balaban J connectivity index is 2.86. The summed E-state index contributed by atoms with van der Waals surface area (Å²) < 4.78 is 1.89. The molecule has 0 radical (unpaired) electrons. The van der Waals surface area contributed by atoms with Crippen LogP contribution in [0.1, 0.15) is 12.7 Å². The molecule has 5 nitrogen and oxygen atoms in total. The Morgan fingerprint density at radius 1 is 1.79 bits per heavy atom. The van der Waals surface area contributed by atoms with Gasteiger partial charge in [0.05, 0.1) is 6.54 Å². The molecular weight excluding hydrogens is 180 g/mol. The highest BCUT2D eigenvalue weighted by atomic mass is 16.1. The third-order valence-electron chi connectivity index (χ3n) is 2.51. The zero-order chi connectivity index (χ0) is 10.8. The third-order valence-corrected chi connectivity index (χ3v) is 2.51. The van der Waals surface area contributed by atoms with Crippen LogP contribution < -0.4 is 11.1 Å². The van der Waals surface area contributed by atoms with Crippen LogP contribution in [0.5, 0.6) is 0 Å². The van der Waals surface area contributed by atoms with Gasteiger partial charge >= 0.3 is 0 Å². The molecule has 0 spiro atoms. The molecule has 0 aromatic carbocycles. The lowest BCUT2D eigenvalue weighted by Crippen LogP contribution is -2.54. The van der Waals surface area contributed by atoms with Gasteiger partial charge in [0.25, 0.3) is 0 Å². The van der Waals surface area contributed by atoms with Crippen molar-refractivity contribution in [2.45, 2.75) is 25.9 Å². The molecule has 1 aromatic heterocycles. The molecule has 78 valence electrons. The Labute approximate surface area is 83.3 Å². The van der Waals surface area contributed by atoms with Gasteiger partial charge in [0, 0.05) is 12.4 Å². The number of carbonyl (C=O) groups is 1. The molecule has 1 aromatic rings. The van der Waals surface area contributed by atoms with Crippen LogP contribution >= 0.6 is 0 Å². The van der Waals surface area contributed by atoms with Gasteiger partial charge < -0.3 is 15.6 Å². The number of hydrogen-bond acceptors (Lipinski definition) is 3. The number of aromatic nitrogens is 2. The number of nitrogens with zero attached hydrogens (tertiary/aromatic N) is 2. The Morgan fingerprint density at radius 3 is 2.79 bits per heavy atom. The van der Waals surface area contributed by atoms with Crippen LogP contribution in [0.25, 0.3) is 0 Å². The Bertz CT molecular complexity index is 333. The third kappa shape index (κ3) is 1.93. The molecule has 0 fully saturated rings. The zero-order valence-electron chi connectivity index (χ0n) is 8.74. The number of hydrogen-bond donors (Lipinski definition) is 2. The van der Waals surface area contributed by atoms with Crippen molar-refractivity contribution in [1.82, 2.24) is 14.9 Å². The van der Waals surface area contributed by atoms with Crippen LogP contribution in [-0.2, 0) is 11.3 Å². The first-order chi connectivity index (χ1) is 6.49. The molecule has 0 saturated carbocycles. The summed E-state index contributed by atoms with van der Waals surface area (Å²) in [6.07, 6.45) is 3.53. The molecule has 0 aliphatic carbocycles. The fraction of sp³-hybridized carbons (Fsp3) is 0.556. The standard InChI is InChI=1S/C9H16N4O/c1-7-12-4-5-13(7)6-9(2,11-3)8(10)14/h4-5,11H,6H2,1-3H3,(H2,10,14). The summed E-state index contributed by atoms with van der Waals surface area (Å²) in [5.74, 6) is 0.501. The second-order valence-corrected chi connectivity index (χ2v) is 3.55. The second-order valence-electron chi connectivity index (χ2n) is 3.55. The van der Waals surface area contributed by atoms with Gasteiger partial charge in [0.2, 0.25) is 5.91 Å². The van der Waals surface area contributed by atoms with Gasteiger partial charge in [0.15, 0.2) is 0 Å². The second kappa shape index (κ2) is 3.79. The first-order valence-electron chi connectivity index (χ1n) is 4.46. The number of primary amides is 1. The Hall–Kier alpha value is -1.36. The van der Waals surface area contributed by atoms with Gasteiger partial charge in [-0.1, -0.05) is 0 Å². The summed E-state index contributed by atoms with van der Waals surface area (Å²) in [4.78, 5) is 15.3. The topological polar surface area (TPSA) is 72.9 Å². The van der Waals surface area contributed by atoms with Gasteiger partial charge in [-0.25, -0.2) is 4.98 Å². The number of aryl methyl sites for hydroxylation is 1. The van der Waals surface area contributed by atoms with E-state index >= 15 is 0 Å². The van der Waals surface area contributed by atoms with Crippen LogP contribution in [0.3, 0.4) is 0 Å². The first-order valence-corrected chi connectivity index (χ1v) is 4.46. The molecule has 1 atom stereocenters.